The molecule has 1 aliphatic rings. The number of hydrogen-bond donors (Lipinski definition) is 2. The first-order valence-corrected chi connectivity index (χ1v) is 12.7. The largest absolute Gasteiger partial charge is 0.369 e. The van der Waals surface area contributed by atoms with Crippen LogP contribution >= 0.6 is 11.3 Å². The van der Waals surface area contributed by atoms with Gasteiger partial charge in [-0.1, -0.05) is 48.5 Å². The topological polar surface area (TPSA) is 117 Å². The number of anilines is 2. The maximum atomic E-state index is 13.7. The van der Waals surface area contributed by atoms with E-state index in [1.54, 1.807) is 22.8 Å². The molecule has 0 radical (unpaired) electrons. The van der Waals surface area contributed by atoms with Gasteiger partial charge in [0.1, 0.15) is 4.70 Å². The molecule has 0 aliphatic carbocycles. The lowest BCUT2D eigenvalue weighted by atomic mass is 10.1. The number of ketones is 1. The molecule has 3 heterocycles. The second-order valence-electron chi connectivity index (χ2n) is 8.89. The Morgan fingerprint density at radius 2 is 1.97 bits per heavy atom. The third kappa shape index (κ3) is 4.87. The fourth-order valence-corrected chi connectivity index (χ4v) is 5.43. The Morgan fingerprint density at radius 1 is 1.19 bits per heavy atom. The number of carbonyl (C=O) groups is 1. The van der Waals surface area contributed by atoms with Crippen LogP contribution < -0.4 is 21.5 Å². The van der Waals surface area contributed by atoms with E-state index in [0.717, 1.165) is 24.9 Å². The fraction of sp³-hybridized carbons (Fsp3) is 0.259. The molecule has 182 valence electrons. The van der Waals surface area contributed by atoms with Crippen molar-refractivity contribution in [2.75, 3.05) is 29.9 Å². The van der Waals surface area contributed by atoms with Crippen molar-refractivity contribution in [3.63, 3.8) is 0 Å². The molecule has 8 nitrogen and oxygen atoms in total. The summed E-state index contributed by atoms with van der Waals surface area (Å²) >= 11 is 1.28. The number of nitrogens with two attached hydrogens (primary N) is 1. The predicted octanol–water partition coefficient (Wildman–Crippen LogP) is 3.60. The number of Topliss-reactive ketones (excluding diaryl/α,β-unsaturated/α-hetero) is 1. The molecule has 1 aliphatic heterocycles. The van der Waals surface area contributed by atoms with Gasteiger partial charge in [-0.3, -0.25) is 14.2 Å². The van der Waals surface area contributed by atoms with E-state index in [2.05, 4.69) is 16.3 Å². The van der Waals surface area contributed by atoms with Crippen LogP contribution in [0.15, 0.2) is 65.5 Å². The molecule has 1 unspecified atom stereocenters. The highest BCUT2D eigenvalue weighted by Gasteiger charge is 2.24. The molecule has 0 saturated carbocycles. The van der Waals surface area contributed by atoms with Crippen LogP contribution in [0, 0.1) is 11.3 Å². The van der Waals surface area contributed by atoms with Crippen molar-refractivity contribution in [3.8, 4) is 6.07 Å². The van der Waals surface area contributed by atoms with Gasteiger partial charge < -0.3 is 16.0 Å². The first-order valence-electron chi connectivity index (χ1n) is 11.9. The summed E-state index contributed by atoms with van der Waals surface area (Å²) in [5, 5.41) is 13.4. The first-order chi connectivity index (χ1) is 17.5. The van der Waals surface area contributed by atoms with Crippen molar-refractivity contribution < 1.29 is 4.79 Å². The van der Waals surface area contributed by atoms with Crippen LogP contribution in [0.3, 0.4) is 0 Å². The monoisotopic (exact) mass is 498 g/mol. The number of piperidine rings is 1. The second-order valence-corrected chi connectivity index (χ2v) is 9.94. The van der Waals surface area contributed by atoms with Gasteiger partial charge in [-0.25, -0.2) is 4.98 Å². The van der Waals surface area contributed by atoms with Gasteiger partial charge in [0, 0.05) is 24.7 Å². The number of nitriles is 1. The quantitative estimate of drug-likeness (QED) is 0.374. The molecule has 2 aromatic carbocycles. The molecule has 0 bridgehead atoms. The number of rotatable bonds is 7. The van der Waals surface area contributed by atoms with Gasteiger partial charge in [0.25, 0.3) is 5.56 Å². The van der Waals surface area contributed by atoms with E-state index in [1.807, 2.05) is 42.5 Å². The highest BCUT2D eigenvalue weighted by Crippen LogP contribution is 2.29. The van der Waals surface area contributed by atoms with Crippen LogP contribution in [0.2, 0.25) is 0 Å². The summed E-state index contributed by atoms with van der Waals surface area (Å²) in [7, 11) is 0. The van der Waals surface area contributed by atoms with Crippen LogP contribution in [0.4, 0.5) is 10.9 Å². The molecule has 3 N–H and O–H groups in total. The average molecular weight is 499 g/mol. The molecule has 5 rings (SSSR count). The lowest BCUT2D eigenvalue weighted by molar-refractivity contribution is 0.101. The standard InChI is InChI=1S/C27H26N6O2S/c28-14-19-9-4-5-10-20(19)16-33-26(35)25-22(31-27(33)32-12-6-11-21(29)17-32)13-24(36-25)30-15-23(34)18-7-2-1-3-8-18/h1-5,7-10,13,21,30H,6,11-12,15-17,29H2. The van der Waals surface area contributed by atoms with Gasteiger partial charge >= 0.3 is 0 Å². The minimum absolute atomic E-state index is 0.00916. The zero-order valence-electron chi connectivity index (χ0n) is 19.7. The Bertz CT molecular complexity index is 1500. The Kier molecular flexibility index (Phi) is 6.80. The Morgan fingerprint density at radius 3 is 2.75 bits per heavy atom. The van der Waals surface area contributed by atoms with Gasteiger partial charge in [0.15, 0.2) is 5.78 Å². The van der Waals surface area contributed by atoms with Crippen molar-refractivity contribution >= 4 is 38.3 Å². The molecule has 1 saturated heterocycles. The van der Waals surface area contributed by atoms with Gasteiger partial charge in [-0.2, -0.15) is 5.26 Å². The van der Waals surface area contributed by atoms with Crippen molar-refractivity contribution in [1.82, 2.24) is 9.55 Å². The maximum Gasteiger partial charge on any atom is 0.273 e. The number of thiophene rings is 1. The number of nitrogens with one attached hydrogen (secondary N) is 1. The van der Waals surface area contributed by atoms with Crippen LogP contribution in [0.1, 0.15) is 34.3 Å². The van der Waals surface area contributed by atoms with Gasteiger partial charge in [-0.15, -0.1) is 11.3 Å². The van der Waals surface area contributed by atoms with E-state index in [0.29, 0.717) is 38.8 Å². The molecule has 9 heteroatoms. The summed E-state index contributed by atoms with van der Waals surface area (Å²) in [6, 6.07) is 20.4. The number of aromatic nitrogens is 2. The highest BCUT2D eigenvalue weighted by molar-refractivity contribution is 7.22. The van der Waals surface area contributed by atoms with E-state index in [-0.39, 0.29) is 30.5 Å². The minimum Gasteiger partial charge on any atom is -0.369 e. The first kappa shape index (κ1) is 23.7. The Hall–Kier alpha value is -4.00. The minimum atomic E-state index is -0.172. The van der Waals surface area contributed by atoms with Crippen LogP contribution in [-0.2, 0) is 6.54 Å². The lowest BCUT2D eigenvalue weighted by Gasteiger charge is -2.33. The molecule has 1 atom stereocenters. The zero-order valence-corrected chi connectivity index (χ0v) is 20.5. The second kappa shape index (κ2) is 10.3. The SMILES string of the molecule is N#Cc1ccccc1Cn1c(N2CCCC(N)C2)nc2cc(NCC(=O)c3ccccc3)sc2c1=O. The van der Waals surface area contributed by atoms with Crippen LogP contribution in [-0.4, -0.2) is 41.0 Å². The van der Waals surface area contributed by atoms with Crippen molar-refractivity contribution in [3.05, 3.63) is 87.7 Å². The predicted molar refractivity (Wildman–Crippen MR) is 143 cm³/mol. The third-order valence-electron chi connectivity index (χ3n) is 6.34. The van der Waals surface area contributed by atoms with Crippen LogP contribution in [0.5, 0.6) is 0 Å². The molecule has 36 heavy (non-hydrogen) atoms. The lowest BCUT2D eigenvalue weighted by Crippen LogP contribution is -2.45. The fourth-order valence-electron chi connectivity index (χ4n) is 4.49. The summed E-state index contributed by atoms with van der Waals surface area (Å²) < 4.78 is 2.15. The van der Waals surface area contributed by atoms with E-state index in [9.17, 15) is 14.9 Å². The van der Waals surface area contributed by atoms with Crippen molar-refractivity contribution in [2.45, 2.75) is 25.4 Å². The maximum absolute atomic E-state index is 13.7. The number of nitrogens with zero attached hydrogens (tertiary/aromatic N) is 4. The normalized spacial score (nSPS) is 15.6. The number of fused-ring (bicyclic) bond motifs is 1. The van der Waals surface area contributed by atoms with Crippen molar-refractivity contribution in [1.29, 1.82) is 5.26 Å². The van der Waals surface area contributed by atoms with E-state index in [4.69, 9.17) is 10.7 Å². The van der Waals surface area contributed by atoms with E-state index < -0.39 is 0 Å². The summed E-state index contributed by atoms with van der Waals surface area (Å²) in [4.78, 5) is 33.2. The molecule has 1 fully saturated rings. The summed E-state index contributed by atoms with van der Waals surface area (Å²) in [6.45, 7) is 1.72. The Labute approximate surface area is 212 Å². The van der Waals surface area contributed by atoms with Gasteiger partial charge in [0.05, 0.1) is 35.2 Å². The molecule has 4 aromatic rings. The number of hydrogen-bond acceptors (Lipinski definition) is 8. The van der Waals surface area contributed by atoms with E-state index in [1.165, 1.54) is 11.3 Å². The summed E-state index contributed by atoms with van der Waals surface area (Å²) in [5.74, 6) is 0.523. The molecular formula is C27H26N6O2S. The molecule has 0 spiro atoms. The molecule has 0 amide bonds. The van der Waals surface area contributed by atoms with Crippen LogP contribution in [0.25, 0.3) is 10.2 Å². The summed E-state index contributed by atoms with van der Waals surface area (Å²) in [5.41, 5.74) is 8.57. The Balaban J connectivity index is 1.52. The number of carbonyl (C=O) groups excluding carboxylic acids is 1. The molecular weight excluding hydrogens is 472 g/mol. The average Bonchev–Trinajstić information content (AvgIpc) is 3.33. The molecule has 2 aromatic heterocycles. The number of benzene rings is 2. The van der Waals surface area contributed by atoms with Gasteiger partial charge in [0.2, 0.25) is 5.95 Å². The van der Waals surface area contributed by atoms with E-state index >= 15 is 0 Å². The zero-order chi connectivity index (χ0) is 25.1. The third-order valence-corrected chi connectivity index (χ3v) is 7.41. The smallest absolute Gasteiger partial charge is 0.273 e. The van der Waals surface area contributed by atoms with Crippen molar-refractivity contribution in [2.24, 2.45) is 5.73 Å². The van der Waals surface area contributed by atoms with Gasteiger partial charge in [-0.05, 0) is 30.5 Å². The summed E-state index contributed by atoms with van der Waals surface area (Å²) in [6.07, 6.45) is 1.85. The highest BCUT2D eigenvalue weighted by atomic mass is 32.1.